The first-order valence-electron chi connectivity index (χ1n) is 11.0. The van der Waals surface area contributed by atoms with Crippen LogP contribution in [0.2, 0.25) is 0 Å². The molecular weight excluding hydrogens is 398 g/mol. The van der Waals surface area contributed by atoms with Crippen molar-refractivity contribution in [3.05, 3.63) is 65.5 Å². The lowest BCUT2D eigenvalue weighted by Gasteiger charge is -2.39. The van der Waals surface area contributed by atoms with Crippen LogP contribution >= 0.6 is 0 Å². The van der Waals surface area contributed by atoms with Gasteiger partial charge < -0.3 is 15.0 Å². The summed E-state index contributed by atoms with van der Waals surface area (Å²) in [6.45, 7) is 5.99. The van der Waals surface area contributed by atoms with E-state index in [0.717, 1.165) is 23.4 Å². The minimum absolute atomic E-state index is 0.0504. The highest BCUT2D eigenvalue weighted by molar-refractivity contribution is 5.79. The Morgan fingerprint density at radius 3 is 2.45 bits per heavy atom. The van der Waals surface area contributed by atoms with Crippen molar-refractivity contribution < 1.29 is 18.3 Å². The molecule has 0 bridgehead atoms. The van der Waals surface area contributed by atoms with E-state index in [-0.39, 0.29) is 30.1 Å². The van der Waals surface area contributed by atoms with Gasteiger partial charge in [0.1, 0.15) is 11.6 Å². The van der Waals surface area contributed by atoms with E-state index in [4.69, 9.17) is 4.74 Å². The van der Waals surface area contributed by atoms with Gasteiger partial charge in [-0.25, -0.2) is 4.39 Å². The van der Waals surface area contributed by atoms with Crippen LogP contribution in [0.5, 0.6) is 5.75 Å². The highest BCUT2D eigenvalue weighted by Crippen LogP contribution is 2.23. The highest BCUT2D eigenvalue weighted by atomic mass is 19.1. The first kappa shape index (κ1) is 23.2. The average molecular weight is 431 g/mol. The summed E-state index contributed by atoms with van der Waals surface area (Å²) in [6.07, 6.45) is 0.929. The van der Waals surface area contributed by atoms with Crippen LogP contribution in [0.25, 0.3) is 0 Å². The number of alkyl halides is 1. The molecule has 0 saturated carbocycles. The fourth-order valence-electron chi connectivity index (χ4n) is 3.90. The molecule has 1 amide bonds. The molecule has 2 aromatic rings. The lowest BCUT2D eigenvalue weighted by molar-refractivity contribution is -0.135. The van der Waals surface area contributed by atoms with Crippen LogP contribution < -0.4 is 10.1 Å². The monoisotopic (exact) mass is 430 g/mol. The number of halogens is 2. The zero-order valence-electron chi connectivity index (χ0n) is 18.3. The van der Waals surface area contributed by atoms with Crippen LogP contribution in [0.4, 0.5) is 8.78 Å². The minimum atomic E-state index is -0.479. The van der Waals surface area contributed by atoms with Crippen molar-refractivity contribution >= 4 is 5.91 Å². The number of nitrogens with zero attached hydrogens (tertiary/aromatic N) is 1. The molecule has 6 heteroatoms. The van der Waals surface area contributed by atoms with E-state index in [1.165, 1.54) is 12.1 Å². The molecule has 0 unspecified atom stereocenters. The van der Waals surface area contributed by atoms with Gasteiger partial charge in [-0.1, -0.05) is 38.1 Å². The Labute approximate surface area is 183 Å². The molecule has 3 rings (SSSR count). The first-order chi connectivity index (χ1) is 15.0. The number of amides is 1. The van der Waals surface area contributed by atoms with E-state index in [9.17, 15) is 13.6 Å². The number of hydrogen-bond donors (Lipinski definition) is 1. The van der Waals surface area contributed by atoms with E-state index >= 15 is 0 Å². The van der Waals surface area contributed by atoms with Crippen molar-refractivity contribution in [2.45, 2.75) is 39.3 Å². The Kier molecular flexibility index (Phi) is 8.41. The Bertz CT molecular complexity index is 824. The lowest BCUT2D eigenvalue weighted by atomic mass is 9.92. The molecule has 2 aromatic carbocycles. The molecule has 1 N–H and O–H groups in total. The van der Waals surface area contributed by atoms with Gasteiger partial charge in [-0.05, 0) is 54.3 Å². The molecule has 0 radical (unpaired) electrons. The van der Waals surface area contributed by atoms with Gasteiger partial charge in [-0.2, -0.15) is 0 Å². The second-order valence-corrected chi connectivity index (χ2v) is 8.65. The molecule has 1 heterocycles. The van der Waals surface area contributed by atoms with Crippen molar-refractivity contribution in [2.75, 3.05) is 26.4 Å². The van der Waals surface area contributed by atoms with Gasteiger partial charge in [-0.15, -0.1) is 0 Å². The summed E-state index contributed by atoms with van der Waals surface area (Å²) < 4.78 is 32.7. The van der Waals surface area contributed by atoms with Crippen LogP contribution in [0.3, 0.4) is 0 Å². The van der Waals surface area contributed by atoms with Crippen molar-refractivity contribution in [1.29, 1.82) is 0 Å². The zero-order valence-corrected chi connectivity index (χ0v) is 18.3. The first-order valence-corrected chi connectivity index (χ1v) is 11.0. The summed E-state index contributed by atoms with van der Waals surface area (Å²) in [6, 6.07) is 13.5. The van der Waals surface area contributed by atoms with Crippen molar-refractivity contribution in [2.24, 2.45) is 11.8 Å². The largest absolute Gasteiger partial charge is 0.493 e. The molecule has 1 aliphatic heterocycles. The molecule has 1 saturated heterocycles. The number of benzene rings is 2. The lowest BCUT2D eigenvalue weighted by Crippen LogP contribution is -2.52. The maximum absolute atomic E-state index is 13.7. The van der Waals surface area contributed by atoms with Gasteiger partial charge in [0.05, 0.1) is 19.7 Å². The minimum Gasteiger partial charge on any atom is -0.493 e. The second-order valence-electron chi connectivity index (χ2n) is 8.65. The molecule has 31 heavy (non-hydrogen) atoms. The molecule has 1 aliphatic rings. The summed E-state index contributed by atoms with van der Waals surface area (Å²) in [5, 5.41) is 3.22. The molecular formula is C25H32F2N2O2. The Morgan fingerprint density at radius 1 is 1.13 bits per heavy atom. The molecule has 168 valence electrons. The molecule has 4 nitrogen and oxygen atoms in total. The quantitative estimate of drug-likeness (QED) is 0.642. The summed E-state index contributed by atoms with van der Waals surface area (Å²) in [5.74, 6) is 0.610. The third kappa shape index (κ3) is 6.76. The fraction of sp³-hybridized carbons (Fsp3) is 0.480. The van der Waals surface area contributed by atoms with Gasteiger partial charge in [0.15, 0.2) is 0 Å². The number of rotatable bonds is 9. The Morgan fingerprint density at radius 2 is 1.81 bits per heavy atom. The SMILES string of the molecule is CC(C)COc1ccc(CC(=O)N(Cc2ccc(F)cc2)[C@H]2CCNC[C@H]2CF)cc1. The predicted molar refractivity (Wildman–Crippen MR) is 118 cm³/mol. The Hall–Kier alpha value is -2.47. The van der Waals surface area contributed by atoms with E-state index in [0.29, 0.717) is 32.0 Å². The average Bonchev–Trinajstić information content (AvgIpc) is 2.78. The van der Waals surface area contributed by atoms with Crippen LogP contribution in [0.15, 0.2) is 48.5 Å². The van der Waals surface area contributed by atoms with Crippen LogP contribution in [0.1, 0.15) is 31.4 Å². The maximum Gasteiger partial charge on any atom is 0.227 e. The van der Waals surface area contributed by atoms with Crippen molar-refractivity contribution in [1.82, 2.24) is 10.2 Å². The number of ether oxygens (including phenoxy) is 1. The van der Waals surface area contributed by atoms with E-state index in [1.807, 2.05) is 24.3 Å². The molecule has 1 fully saturated rings. The van der Waals surface area contributed by atoms with Gasteiger partial charge in [0, 0.05) is 25.0 Å². The number of piperidine rings is 1. The van der Waals surface area contributed by atoms with Crippen molar-refractivity contribution in [3.8, 4) is 5.75 Å². The molecule has 2 atom stereocenters. The van der Waals surface area contributed by atoms with E-state index in [1.54, 1.807) is 17.0 Å². The predicted octanol–water partition coefficient (Wildman–Crippen LogP) is 4.38. The van der Waals surface area contributed by atoms with E-state index < -0.39 is 6.67 Å². The van der Waals surface area contributed by atoms with Crippen LogP contribution in [0, 0.1) is 17.7 Å². The number of nitrogens with one attached hydrogen (secondary N) is 1. The van der Waals surface area contributed by atoms with Crippen LogP contribution in [-0.4, -0.2) is 43.2 Å². The van der Waals surface area contributed by atoms with Crippen molar-refractivity contribution in [3.63, 3.8) is 0 Å². The summed E-state index contributed by atoms with van der Waals surface area (Å²) in [5.41, 5.74) is 1.72. The summed E-state index contributed by atoms with van der Waals surface area (Å²) in [7, 11) is 0. The zero-order chi connectivity index (χ0) is 22.2. The highest BCUT2D eigenvalue weighted by Gasteiger charge is 2.33. The number of carbonyl (C=O) groups is 1. The number of hydrogen-bond acceptors (Lipinski definition) is 3. The maximum atomic E-state index is 13.7. The van der Waals surface area contributed by atoms with Gasteiger partial charge in [0.25, 0.3) is 0 Å². The standard InChI is InChI=1S/C25H32F2N2O2/c1-18(2)17-31-23-9-5-19(6-10-23)13-25(30)29(16-20-3-7-22(27)8-4-20)24-11-12-28-15-21(24)14-26/h3-10,18,21,24,28H,11-17H2,1-2H3/t21-,24+/m1/s1. The van der Waals surface area contributed by atoms with E-state index in [2.05, 4.69) is 19.2 Å². The van der Waals surface area contributed by atoms with Gasteiger partial charge in [0.2, 0.25) is 5.91 Å². The second kappa shape index (κ2) is 11.2. The molecule has 0 aliphatic carbocycles. The summed E-state index contributed by atoms with van der Waals surface area (Å²) >= 11 is 0. The molecule has 0 spiro atoms. The number of carbonyl (C=O) groups excluding carboxylic acids is 1. The Balaban J connectivity index is 1.74. The summed E-state index contributed by atoms with van der Waals surface area (Å²) in [4.78, 5) is 15.1. The smallest absolute Gasteiger partial charge is 0.227 e. The normalized spacial score (nSPS) is 18.7. The fourth-order valence-corrected chi connectivity index (χ4v) is 3.90. The molecule has 0 aromatic heterocycles. The van der Waals surface area contributed by atoms with Gasteiger partial charge in [-0.3, -0.25) is 9.18 Å². The van der Waals surface area contributed by atoms with Gasteiger partial charge >= 0.3 is 0 Å². The topological polar surface area (TPSA) is 41.6 Å². The van der Waals surface area contributed by atoms with Crippen LogP contribution in [-0.2, 0) is 17.8 Å². The third-order valence-corrected chi connectivity index (χ3v) is 5.61. The third-order valence-electron chi connectivity index (χ3n) is 5.61.